The van der Waals surface area contributed by atoms with Crippen LogP contribution in [0.1, 0.15) is 39.0 Å². The molecule has 0 heterocycles. The predicted molar refractivity (Wildman–Crippen MR) is 157 cm³/mol. The summed E-state index contributed by atoms with van der Waals surface area (Å²) in [4.78, 5) is 0. The van der Waals surface area contributed by atoms with Crippen molar-refractivity contribution in [1.82, 2.24) is 0 Å². The zero-order valence-corrected chi connectivity index (χ0v) is 25.7. The molecule has 41 heavy (non-hydrogen) atoms. The molecule has 0 bridgehead atoms. The summed E-state index contributed by atoms with van der Waals surface area (Å²) >= 11 is 0. The first-order valence-electron chi connectivity index (χ1n) is 15.2. The van der Waals surface area contributed by atoms with Gasteiger partial charge in [0.15, 0.2) is 0 Å². The van der Waals surface area contributed by atoms with Gasteiger partial charge in [-0.3, -0.25) is 0 Å². The van der Waals surface area contributed by atoms with Crippen LogP contribution in [0.5, 0.6) is 0 Å². The van der Waals surface area contributed by atoms with Crippen molar-refractivity contribution in [2.24, 2.45) is 0 Å². The molecule has 0 fully saturated rings. The molecule has 0 unspecified atom stereocenters. The lowest BCUT2D eigenvalue weighted by Crippen LogP contribution is -2.15. The van der Waals surface area contributed by atoms with Crippen LogP contribution in [0.4, 0.5) is 0 Å². The van der Waals surface area contributed by atoms with E-state index in [2.05, 4.69) is 12.8 Å². The number of rotatable bonds is 37. The van der Waals surface area contributed by atoms with Crippen molar-refractivity contribution in [2.45, 2.75) is 39.0 Å². The molecule has 0 spiro atoms. The van der Waals surface area contributed by atoms with E-state index in [4.69, 9.17) is 58.5 Å². The lowest BCUT2D eigenvalue weighted by molar-refractivity contribution is -0.0272. The zero-order chi connectivity index (χ0) is 29.6. The van der Waals surface area contributed by atoms with E-state index >= 15 is 0 Å². The molecule has 0 aliphatic heterocycles. The second-order valence-electron chi connectivity index (χ2n) is 8.79. The van der Waals surface area contributed by atoms with Crippen LogP contribution in [-0.4, -0.2) is 145 Å². The van der Waals surface area contributed by atoms with E-state index in [1.165, 1.54) is 25.7 Å². The molecular formula is C30H58O11. The smallest absolute Gasteiger partial charge is 0.107 e. The summed E-state index contributed by atoms with van der Waals surface area (Å²) in [6.07, 6.45) is 11.4. The van der Waals surface area contributed by atoms with Crippen molar-refractivity contribution in [1.29, 1.82) is 0 Å². The van der Waals surface area contributed by atoms with Crippen LogP contribution in [0.2, 0.25) is 0 Å². The van der Waals surface area contributed by atoms with Crippen LogP contribution in [0.3, 0.4) is 0 Å². The third kappa shape index (κ3) is 39.1. The standard InChI is InChI=1S/C30H58O11/c1-3-5-6-7-8-10-32-12-14-34-16-18-36-20-22-38-24-26-40-28-30-41-29-27-39-25-23-37-21-19-35-17-15-33-13-11-31-9-4-2/h2H,3,5-30H2,1H3. The quantitative estimate of drug-likeness (QED) is 0.0784. The Labute approximate surface area is 249 Å². The first-order valence-corrected chi connectivity index (χ1v) is 15.2. The molecule has 0 atom stereocenters. The van der Waals surface area contributed by atoms with Gasteiger partial charge in [0.2, 0.25) is 0 Å². The summed E-state index contributed by atoms with van der Waals surface area (Å²) in [5, 5.41) is 0. The Morgan fingerprint density at radius 1 is 0.317 bits per heavy atom. The van der Waals surface area contributed by atoms with Gasteiger partial charge >= 0.3 is 0 Å². The highest BCUT2D eigenvalue weighted by Gasteiger charge is 1.96. The second kappa shape index (κ2) is 39.1. The summed E-state index contributed by atoms with van der Waals surface area (Å²) in [7, 11) is 0. The molecule has 11 heteroatoms. The first kappa shape index (κ1) is 40.1. The summed E-state index contributed by atoms with van der Waals surface area (Å²) in [5.41, 5.74) is 0. The van der Waals surface area contributed by atoms with Crippen LogP contribution in [0, 0.1) is 12.3 Å². The maximum absolute atomic E-state index is 5.55. The summed E-state index contributed by atoms with van der Waals surface area (Å²) < 4.78 is 59.7. The Morgan fingerprint density at radius 3 is 0.829 bits per heavy atom. The number of terminal acetylenes is 1. The molecule has 0 amide bonds. The van der Waals surface area contributed by atoms with E-state index in [-0.39, 0.29) is 0 Å². The fourth-order valence-corrected chi connectivity index (χ4v) is 3.14. The molecule has 0 aromatic heterocycles. The third-order valence-electron chi connectivity index (χ3n) is 5.30. The molecule has 244 valence electrons. The highest BCUT2D eigenvalue weighted by atomic mass is 16.6. The van der Waals surface area contributed by atoms with E-state index in [1.54, 1.807) is 0 Å². The maximum atomic E-state index is 5.55. The van der Waals surface area contributed by atoms with Gasteiger partial charge in [-0.2, -0.15) is 0 Å². The molecule has 0 radical (unpaired) electrons. The molecule has 0 rings (SSSR count). The fraction of sp³-hybridized carbons (Fsp3) is 0.933. The van der Waals surface area contributed by atoms with Crippen LogP contribution in [-0.2, 0) is 52.1 Å². The molecule has 11 nitrogen and oxygen atoms in total. The highest BCUT2D eigenvalue weighted by molar-refractivity contribution is 4.82. The van der Waals surface area contributed by atoms with Gasteiger partial charge in [-0.15, -0.1) is 6.42 Å². The number of unbranched alkanes of at least 4 members (excludes halogenated alkanes) is 4. The van der Waals surface area contributed by atoms with E-state index < -0.39 is 0 Å². The SMILES string of the molecule is C#CCOCCOCCOCCOCCOCCOCCOCCOCCOCCOCCOCCCCCCC. The largest absolute Gasteiger partial charge is 0.379 e. The average Bonchev–Trinajstić information content (AvgIpc) is 2.98. The van der Waals surface area contributed by atoms with Crippen LogP contribution < -0.4 is 0 Å². The zero-order valence-electron chi connectivity index (χ0n) is 25.7. The molecule has 0 aliphatic rings. The topological polar surface area (TPSA) is 102 Å². The lowest BCUT2D eigenvalue weighted by atomic mass is 10.2. The van der Waals surface area contributed by atoms with E-state index in [0.29, 0.717) is 139 Å². The Bertz CT molecular complexity index is 505. The summed E-state index contributed by atoms with van der Waals surface area (Å²) in [5.74, 6) is 2.40. The average molecular weight is 595 g/mol. The first-order chi connectivity index (χ1) is 20.4. The molecule has 0 N–H and O–H groups in total. The fourth-order valence-electron chi connectivity index (χ4n) is 3.14. The number of ether oxygens (including phenoxy) is 11. The van der Waals surface area contributed by atoms with Crippen LogP contribution in [0.15, 0.2) is 0 Å². The Balaban J connectivity index is 3.02. The molecule has 0 aromatic carbocycles. The van der Waals surface area contributed by atoms with Gasteiger partial charge in [-0.05, 0) is 6.42 Å². The van der Waals surface area contributed by atoms with Gasteiger partial charge in [0.25, 0.3) is 0 Å². The number of hydrogen-bond donors (Lipinski definition) is 0. The molecular weight excluding hydrogens is 536 g/mol. The Morgan fingerprint density at radius 2 is 0.561 bits per heavy atom. The minimum atomic E-state index is 0.311. The molecule has 0 saturated heterocycles. The monoisotopic (exact) mass is 594 g/mol. The van der Waals surface area contributed by atoms with E-state index in [0.717, 1.165) is 13.0 Å². The third-order valence-corrected chi connectivity index (χ3v) is 5.30. The Kier molecular flexibility index (Phi) is 38.3. The van der Waals surface area contributed by atoms with E-state index in [1.807, 2.05) is 0 Å². The van der Waals surface area contributed by atoms with Crippen molar-refractivity contribution in [3.05, 3.63) is 0 Å². The van der Waals surface area contributed by atoms with Crippen LogP contribution >= 0.6 is 0 Å². The van der Waals surface area contributed by atoms with Gasteiger partial charge in [-0.1, -0.05) is 38.5 Å². The molecule has 0 aliphatic carbocycles. The lowest BCUT2D eigenvalue weighted by Gasteiger charge is -2.09. The van der Waals surface area contributed by atoms with Crippen molar-refractivity contribution in [3.8, 4) is 12.3 Å². The second-order valence-corrected chi connectivity index (χ2v) is 8.79. The van der Waals surface area contributed by atoms with Crippen molar-refractivity contribution >= 4 is 0 Å². The van der Waals surface area contributed by atoms with Gasteiger partial charge in [-0.25, -0.2) is 0 Å². The van der Waals surface area contributed by atoms with Gasteiger partial charge in [0.05, 0.1) is 132 Å². The maximum Gasteiger partial charge on any atom is 0.107 e. The predicted octanol–water partition coefficient (Wildman–Crippen LogP) is 2.77. The van der Waals surface area contributed by atoms with Gasteiger partial charge in [0.1, 0.15) is 6.61 Å². The van der Waals surface area contributed by atoms with Crippen LogP contribution in [0.25, 0.3) is 0 Å². The molecule has 0 saturated carbocycles. The van der Waals surface area contributed by atoms with Gasteiger partial charge < -0.3 is 52.1 Å². The number of hydrogen-bond acceptors (Lipinski definition) is 11. The summed E-state index contributed by atoms with van der Waals surface area (Å²) in [6.45, 7) is 14.1. The molecule has 0 aromatic rings. The van der Waals surface area contributed by atoms with Crippen molar-refractivity contribution < 1.29 is 52.1 Å². The minimum absolute atomic E-state index is 0.311. The Hall–Kier alpha value is -0.880. The van der Waals surface area contributed by atoms with Gasteiger partial charge in [0, 0.05) is 6.61 Å². The highest BCUT2D eigenvalue weighted by Crippen LogP contribution is 2.02. The van der Waals surface area contributed by atoms with E-state index in [9.17, 15) is 0 Å². The minimum Gasteiger partial charge on any atom is -0.379 e. The van der Waals surface area contributed by atoms with Crippen molar-refractivity contribution in [2.75, 3.05) is 145 Å². The normalized spacial score (nSPS) is 11.3. The summed E-state index contributed by atoms with van der Waals surface area (Å²) in [6, 6.07) is 0. The van der Waals surface area contributed by atoms with Crippen molar-refractivity contribution in [3.63, 3.8) is 0 Å².